The molecule has 2 aliphatic rings. The van der Waals surface area contributed by atoms with Gasteiger partial charge in [-0.05, 0) is 38.3 Å². The maximum Gasteiger partial charge on any atom is 0.222 e. The second-order valence-electron chi connectivity index (χ2n) is 8.47. The minimum atomic E-state index is -0.262. The van der Waals surface area contributed by atoms with Gasteiger partial charge in [0, 0.05) is 44.9 Å². The van der Waals surface area contributed by atoms with Crippen molar-refractivity contribution in [1.29, 1.82) is 0 Å². The van der Waals surface area contributed by atoms with Gasteiger partial charge in [0.15, 0.2) is 5.78 Å². The highest BCUT2D eigenvalue weighted by molar-refractivity contribution is 6.02. The van der Waals surface area contributed by atoms with Gasteiger partial charge in [0.05, 0.1) is 17.4 Å². The number of benzene rings is 1. The zero-order valence-corrected chi connectivity index (χ0v) is 17.9. The van der Waals surface area contributed by atoms with Crippen molar-refractivity contribution in [3.8, 4) is 5.69 Å². The van der Waals surface area contributed by atoms with Crippen LogP contribution in [-0.4, -0.2) is 63.4 Å². The minimum Gasteiger partial charge on any atom is -0.383 e. The van der Waals surface area contributed by atoms with Gasteiger partial charge >= 0.3 is 0 Å². The van der Waals surface area contributed by atoms with E-state index in [1.807, 2.05) is 36.1 Å². The van der Waals surface area contributed by atoms with E-state index in [2.05, 4.69) is 5.10 Å². The molecule has 2 saturated heterocycles. The van der Waals surface area contributed by atoms with E-state index in [0.29, 0.717) is 56.7 Å². The SMILES string of the molecule is Cc1ccc(-n2ncc(C(=O)[C@H]3CCN(C(=O)CCCN4CCCC4=O)C3)c2N)cc1. The first-order valence-electron chi connectivity index (χ1n) is 10.9. The first kappa shape index (κ1) is 21.1. The number of aryl methyl sites for hydroxylation is 1. The molecule has 0 saturated carbocycles. The van der Waals surface area contributed by atoms with Crippen LogP contribution in [0.2, 0.25) is 0 Å². The Balaban J connectivity index is 1.32. The third kappa shape index (κ3) is 4.47. The Morgan fingerprint density at radius 1 is 1.19 bits per heavy atom. The molecule has 0 radical (unpaired) electrons. The number of rotatable bonds is 7. The lowest BCUT2D eigenvalue weighted by atomic mass is 9.98. The fourth-order valence-electron chi connectivity index (χ4n) is 4.38. The van der Waals surface area contributed by atoms with Crippen molar-refractivity contribution in [1.82, 2.24) is 19.6 Å². The molecule has 2 aromatic rings. The Hall–Kier alpha value is -3.16. The number of ketones is 1. The zero-order valence-electron chi connectivity index (χ0n) is 17.9. The Morgan fingerprint density at radius 3 is 2.68 bits per heavy atom. The van der Waals surface area contributed by atoms with E-state index >= 15 is 0 Å². The molecule has 0 bridgehead atoms. The van der Waals surface area contributed by atoms with Crippen LogP contribution in [0.4, 0.5) is 5.82 Å². The van der Waals surface area contributed by atoms with Gasteiger partial charge in [0.1, 0.15) is 5.82 Å². The molecule has 1 aromatic carbocycles. The first-order chi connectivity index (χ1) is 14.9. The summed E-state index contributed by atoms with van der Waals surface area (Å²) in [5.41, 5.74) is 8.59. The van der Waals surface area contributed by atoms with Crippen LogP contribution in [0.15, 0.2) is 30.5 Å². The minimum absolute atomic E-state index is 0.0465. The zero-order chi connectivity index (χ0) is 22.0. The lowest BCUT2D eigenvalue weighted by Crippen LogP contribution is -2.31. The lowest BCUT2D eigenvalue weighted by Gasteiger charge is -2.18. The van der Waals surface area contributed by atoms with Gasteiger partial charge in [0.25, 0.3) is 0 Å². The largest absolute Gasteiger partial charge is 0.383 e. The number of aromatic nitrogens is 2. The fourth-order valence-corrected chi connectivity index (χ4v) is 4.38. The van der Waals surface area contributed by atoms with Crippen LogP contribution in [-0.2, 0) is 9.59 Å². The van der Waals surface area contributed by atoms with Gasteiger partial charge in [-0.15, -0.1) is 0 Å². The molecule has 2 amide bonds. The number of amides is 2. The average Bonchev–Trinajstić information content (AvgIpc) is 3.49. The van der Waals surface area contributed by atoms with Crippen LogP contribution < -0.4 is 5.73 Å². The van der Waals surface area contributed by atoms with Gasteiger partial charge < -0.3 is 15.5 Å². The molecule has 1 aromatic heterocycles. The van der Waals surface area contributed by atoms with Crippen molar-refractivity contribution >= 4 is 23.4 Å². The second kappa shape index (κ2) is 8.91. The number of anilines is 1. The van der Waals surface area contributed by atoms with Crippen LogP contribution in [0, 0.1) is 12.8 Å². The summed E-state index contributed by atoms with van der Waals surface area (Å²) in [6.45, 7) is 4.42. The smallest absolute Gasteiger partial charge is 0.222 e. The van der Waals surface area contributed by atoms with Crippen molar-refractivity contribution in [2.75, 3.05) is 31.9 Å². The van der Waals surface area contributed by atoms with E-state index in [1.165, 1.54) is 6.20 Å². The predicted molar refractivity (Wildman–Crippen MR) is 117 cm³/mol. The number of nitrogens with zero attached hydrogens (tertiary/aromatic N) is 4. The summed E-state index contributed by atoms with van der Waals surface area (Å²) in [4.78, 5) is 40.9. The molecular weight excluding hydrogens is 394 g/mol. The molecule has 3 heterocycles. The number of nitrogens with two attached hydrogens (primary N) is 1. The molecule has 2 aliphatic heterocycles. The Morgan fingerprint density at radius 2 is 1.97 bits per heavy atom. The van der Waals surface area contributed by atoms with Gasteiger partial charge in [-0.1, -0.05) is 17.7 Å². The summed E-state index contributed by atoms with van der Waals surface area (Å²) in [7, 11) is 0. The molecule has 2 fully saturated rings. The number of hydrogen-bond acceptors (Lipinski definition) is 5. The van der Waals surface area contributed by atoms with Crippen molar-refractivity contribution < 1.29 is 14.4 Å². The number of hydrogen-bond donors (Lipinski definition) is 1. The molecule has 31 heavy (non-hydrogen) atoms. The molecular formula is C23H29N5O3. The third-order valence-corrected chi connectivity index (χ3v) is 6.25. The number of carbonyl (C=O) groups excluding carboxylic acids is 3. The van der Waals surface area contributed by atoms with Crippen LogP contribution >= 0.6 is 0 Å². The highest BCUT2D eigenvalue weighted by atomic mass is 16.2. The van der Waals surface area contributed by atoms with E-state index < -0.39 is 0 Å². The summed E-state index contributed by atoms with van der Waals surface area (Å²) < 4.78 is 1.57. The molecule has 4 rings (SSSR count). The Kier molecular flexibility index (Phi) is 6.06. The summed E-state index contributed by atoms with van der Waals surface area (Å²) in [6.07, 6.45) is 4.74. The quantitative estimate of drug-likeness (QED) is 0.688. The Bertz CT molecular complexity index is 982. The Labute approximate surface area is 182 Å². The predicted octanol–water partition coefficient (Wildman–Crippen LogP) is 2.20. The molecule has 0 unspecified atom stereocenters. The van der Waals surface area contributed by atoms with Crippen molar-refractivity contribution in [3.05, 3.63) is 41.6 Å². The van der Waals surface area contributed by atoms with E-state index in [9.17, 15) is 14.4 Å². The molecule has 1 atom stereocenters. The van der Waals surface area contributed by atoms with E-state index in [0.717, 1.165) is 24.2 Å². The van der Waals surface area contributed by atoms with Crippen LogP contribution in [0.25, 0.3) is 5.69 Å². The summed E-state index contributed by atoms with van der Waals surface area (Å²) in [6, 6.07) is 7.77. The fraction of sp³-hybridized carbons (Fsp3) is 0.478. The molecule has 0 aliphatic carbocycles. The summed E-state index contributed by atoms with van der Waals surface area (Å²) in [5.74, 6) is 0.234. The maximum atomic E-state index is 13.0. The monoisotopic (exact) mass is 423 g/mol. The normalized spacial score (nSPS) is 18.7. The van der Waals surface area contributed by atoms with E-state index in [1.54, 1.807) is 9.58 Å². The highest BCUT2D eigenvalue weighted by Crippen LogP contribution is 2.26. The molecule has 8 heteroatoms. The topological polar surface area (TPSA) is 102 Å². The highest BCUT2D eigenvalue weighted by Gasteiger charge is 2.33. The van der Waals surface area contributed by atoms with Gasteiger partial charge in [-0.25, -0.2) is 4.68 Å². The standard InChI is InChI=1S/C23H29N5O3/c1-16-6-8-18(9-7-16)28-23(24)19(14-25-28)22(31)17-10-13-27(15-17)21(30)5-3-12-26-11-2-4-20(26)29/h6-9,14,17H,2-5,10-13,15,24H2,1H3/t17-/m0/s1. The van der Waals surface area contributed by atoms with Crippen LogP contribution in [0.1, 0.15) is 48.0 Å². The van der Waals surface area contributed by atoms with Crippen LogP contribution in [0.5, 0.6) is 0 Å². The molecule has 0 spiro atoms. The lowest BCUT2D eigenvalue weighted by molar-refractivity contribution is -0.131. The van der Waals surface area contributed by atoms with Gasteiger partial charge in [0.2, 0.25) is 11.8 Å². The number of nitrogen functional groups attached to an aromatic ring is 1. The van der Waals surface area contributed by atoms with Gasteiger partial charge in [-0.2, -0.15) is 5.10 Å². The van der Waals surface area contributed by atoms with Crippen molar-refractivity contribution in [2.24, 2.45) is 5.92 Å². The first-order valence-corrected chi connectivity index (χ1v) is 10.9. The van der Waals surface area contributed by atoms with Crippen molar-refractivity contribution in [2.45, 2.75) is 39.0 Å². The molecule has 8 nitrogen and oxygen atoms in total. The van der Waals surface area contributed by atoms with Gasteiger partial charge in [-0.3, -0.25) is 14.4 Å². The average molecular weight is 424 g/mol. The summed E-state index contributed by atoms with van der Waals surface area (Å²) in [5, 5.41) is 4.30. The second-order valence-corrected chi connectivity index (χ2v) is 8.47. The maximum absolute atomic E-state index is 13.0. The molecule has 164 valence electrons. The molecule has 2 N–H and O–H groups in total. The number of likely N-dealkylation sites (tertiary alicyclic amines) is 2. The number of Topliss-reactive ketones (excluding diaryl/α,β-unsaturated/α-hetero) is 1. The van der Waals surface area contributed by atoms with E-state index in [-0.39, 0.29) is 23.5 Å². The van der Waals surface area contributed by atoms with Crippen molar-refractivity contribution in [3.63, 3.8) is 0 Å². The van der Waals surface area contributed by atoms with Crippen LogP contribution in [0.3, 0.4) is 0 Å². The third-order valence-electron chi connectivity index (χ3n) is 6.25. The summed E-state index contributed by atoms with van der Waals surface area (Å²) >= 11 is 0. The van der Waals surface area contributed by atoms with E-state index in [4.69, 9.17) is 5.73 Å². The number of carbonyl (C=O) groups is 3.